The molecule has 0 N–H and O–H groups in total. The molecule has 1 aromatic carbocycles. The highest BCUT2D eigenvalue weighted by molar-refractivity contribution is 5.43. The molecule has 0 fully saturated rings. The van der Waals surface area contributed by atoms with Gasteiger partial charge in [0.05, 0.1) is 22.9 Å². The van der Waals surface area contributed by atoms with Gasteiger partial charge >= 0.3 is 0 Å². The monoisotopic (exact) mass is 393 g/mol. The van der Waals surface area contributed by atoms with Gasteiger partial charge in [0, 0.05) is 6.54 Å². The van der Waals surface area contributed by atoms with Crippen LogP contribution in [0, 0.1) is 6.92 Å². The first-order valence-corrected chi connectivity index (χ1v) is 10.1. The smallest absolute Gasteiger partial charge is 0.265 e. The Kier molecular flexibility index (Phi) is 8.62. The molecule has 1 heterocycles. The molecule has 0 saturated carbocycles. The first-order chi connectivity index (χ1) is 14.0. The first kappa shape index (κ1) is 22.4. The standard InChI is InChI=1S/C24H31N3O2/c1-6-11-22-23(12-7-2)25-19(5)27(24(22)28)20-13-15-21(16-14-20)29-18-10-17-26(8-3)9-4/h6-7,11-16H,1-2,8-10,17-18H2,3-5H3/b22-11+,23-12+. The molecular formula is C24H31N3O2. The average molecular weight is 394 g/mol. The van der Waals surface area contributed by atoms with Crippen LogP contribution in [0.15, 0.2) is 54.4 Å². The van der Waals surface area contributed by atoms with E-state index in [2.05, 4.69) is 36.9 Å². The van der Waals surface area contributed by atoms with Gasteiger partial charge in [0.15, 0.2) is 0 Å². The van der Waals surface area contributed by atoms with Crippen LogP contribution in [0.3, 0.4) is 0 Å². The number of hydrogen-bond acceptors (Lipinski definition) is 4. The highest BCUT2D eigenvalue weighted by atomic mass is 16.5. The fourth-order valence-electron chi connectivity index (χ4n) is 3.19. The van der Waals surface area contributed by atoms with E-state index >= 15 is 0 Å². The molecule has 2 aromatic rings. The molecule has 0 unspecified atom stereocenters. The first-order valence-electron chi connectivity index (χ1n) is 10.1. The van der Waals surface area contributed by atoms with Crippen molar-refractivity contribution in [1.29, 1.82) is 0 Å². The molecule has 5 nitrogen and oxygen atoms in total. The number of benzene rings is 1. The van der Waals surface area contributed by atoms with Crippen LogP contribution in [0.25, 0.3) is 17.8 Å². The largest absolute Gasteiger partial charge is 0.494 e. The second-order valence-corrected chi connectivity index (χ2v) is 6.63. The Morgan fingerprint density at radius 1 is 1.10 bits per heavy atom. The minimum atomic E-state index is -0.140. The SMILES string of the molecule is C=C/C=c1/nc(C)n(-c2ccc(OCCCN(CC)CC)cc2)c(=O)/c1=C/C=C. The maximum atomic E-state index is 13.0. The van der Waals surface area contributed by atoms with E-state index < -0.39 is 0 Å². The topological polar surface area (TPSA) is 47.4 Å². The van der Waals surface area contributed by atoms with Crippen molar-refractivity contribution in [1.82, 2.24) is 14.5 Å². The Balaban J connectivity index is 2.24. The summed E-state index contributed by atoms with van der Waals surface area (Å²) in [6.07, 6.45) is 7.59. The third-order valence-corrected chi connectivity index (χ3v) is 4.75. The lowest BCUT2D eigenvalue weighted by atomic mass is 10.2. The third kappa shape index (κ3) is 5.78. The van der Waals surface area contributed by atoms with Crippen LogP contribution >= 0.6 is 0 Å². The lowest BCUT2D eigenvalue weighted by Gasteiger charge is -2.17. The van der Waals surface area contributed by atoms with E-state index in [1.807, 2.05) is 31.2 Å². The van der Waals surface area contributed by atoms with Crippen LogP contribution in [-0.2, 0) is 0 Å². The van der Waals surface area contributed by atoms with Crippen LogP contribution in [0.1, 0.15) is 26.1 Å². The van der Waals surface area contributed by atoms with Crippen molar-refractivity contribution < 1.29 is 4.74 Å². The zero-order valence-corrected chi connectivity index (χ0v) is 17.7. The van der Waals surface area contributed by atoms with Gasteiger partial charge in [-0.05, 0) is 62.9 Å². The van der Waals surface area contributed by atoms with Crippen LogP contribution in [0.4, 0.5) is 0 Å². The molecule has 2 rings (SSSR count). The highest BCUT2D eigenvalue weighted by Gasteiger charge is 2.08. The van der Waals surface area contributed by atoms with Gasteiger partial charge in [0.25, 0.3) is 5.56 Å². The van der Waals surface area contributed by atoms with Crippen LogP contribution in [-0.4, -0.2) is 40.7 Å². The number of rotatable bonds is 10. The number of aromatic nitrogens is 2. The van der Waals surface area contributed by atoms with Gasteiger partial charge in [-0.3, -0.25) is 9.36 Å². The second-order valence-electron chi connectivity index (χ2n) is 6.63. The molecule has 0 atom stereocenters. The molecule has 0 aliphatic rings. The summed E-state index contributed by atoms with van der Waals surface area (Å²) in [5.41, 5.74) is 0.609. The number of nitrogens with zero attached hydrogens (tertiary/aromatic N) is 3. The number of allylic oxidation sites excluding steroid dienone is 2. The molecular weight excluding hydrogens is 362 g/mol. The van der Waals surface area contributed by atoms with Crippen molar-refractivity contribution >= 4 is 12.2 Å². The predicted octanol–water partition coefficient (Wildman–Crippen LogP) is 2.58. The van der Waals surface area contributed by atoms with Crippen LogP contribution in [0.2, 0.25) is 0 Å². The fraction of sp³-hybridized carbons (Fsp3) is 0.333. The zero-order chi connectivity index (χ0) is 21.2. The Labute approximate surface area is 173 Å². The normalized spacial score (nSPS) is 12.4. The number of aryl methyl sites for hydroxylation is 1. The summed E-state index contributed by atoms with van der Waals surface area (Å²) in [4.78, 5) is 20.0. The van der Waals surface area contributed by atoms with E-state index in [1.165, 1.54) is 0 Å². The summed E-state index contributed by atoms with van der Waals surface area (Å²) < 4.78 is 7.44. The molecule has 0 spiro atoms. The average Bonchev–Trinajstić information content (AvgIpc) is 2.72. The van der Waals surface area contributed by atoms with E-state index in [9.17, 15) is 4.79 Å². The Morgan fingerprint density at radius 3 is 2.34 bits per heavy atom. The quantitative estimate of drug-likeness (QED) is 0.582. The van der Waals surface area contributed by atoms with E-state index in [-0.39, 0.29) is 5.56 Å². The summed E-state index contributed by atoms with van der Waals surface area (Å²) in [6, 6.07) is 7.54. The Morgan fingerprint density at radius 2 is 1.76 bits per heavy atom. The minimum Gasteiger partial charge on any atom is -0.494 e. The van der Waals surface area contributed by atoms with E-state index in [1.54, 1.807) is 28.9 Å². The van der Waals surface area contributed by atoms with E-state index in [0.29, 0.717) is 23.0 Å². The van der Waals surface area contributed by atoms with Gasteiger partial charge in [-0.2, -0.15) is 0 Å². The number of hydrogen-bond donors (Lipinski definition) is 0. The molecule has 1 aromatic heterocycles. The molecule has 154 valence electrons. The molecule has 0 saturated heterocycles. The molecule has 0 aliphatic carbocycles. The second kappa shape index (κ2) is 11.2. The fourth-order valence-corrected chi connectivity index (χ4v) is 3.19. The summed E-state index contributed by atoms with van der Waals surface area (Å²) in [5.74, 6) is 1.40. The molecule has 29 heavy (non-hydrogen) atoms. The highest BCUT2D eigenvalue weighted by Crippen LogP contribution is 2.15. The maximum absolute atomic E-state index is 13.0. The van der Waals surface area contributed by atoms with Crippen molar-refractivity contribution in [2.45, 2.75) is 27.2 Å². The van der Waals surface area contributed by atoms with Crippen molar-refractivity contribution in [3.05, 3.63) is 76.3 Å². The van der Waals surface area contributed by atoms with Gasteiger partial charge in [-0.15, -0.1) is 0 Å². The van der Waals surface area contributed by atoms with Crippen molar-refractivity contribution in [2.24, 2.45) is 0 Å². The van der Waals surface area contributed by atoms with Crippen molar-refractivity contribution in [3.8, 4) is 11.4 Å². The van der Waals surface area contributed by atoms with E-state index in [4.69, 9.17) is 4.74 Å². The van der Waals surface area contributed by atoms with Crippen LogP contribution in [0.5, 0.6) is 5.75 Å². The zero-order valence-electron chi connectivity index (χ0n) is 17.7. The molecule has 5 heteroatoms. The van der Waals surface area contributed by atoms with Gasteiger partial charge < -0.3 is 9.64 Å². The number of ether oxygens (including phenoxy) is 1. The van der Waals surface area contributed by atoms with Gasteiger partial charge in [0.1, 0.15) is 11.6 Å². The Bertz CT molecular complexity index is 1000. The molecule has 0 bridgehead atoms. The lowest BCUT2D eigenvalue weighted by Crippen LogP contribution is -2.47. The molecule has 0 amide bonds. The summed E-state index contributed by atoms with van der Waals surface area (Å²) in [7, 11) is 0. The Hall–Kier alpha value is -2.92. The maximum Gasteiger partial charge on any atom is 0.265 e. The van der Waals surface area contributed by atoms with Crippen LogP contribution < -0.4 is 20.9 Å². The van der Waals surface area contributed by atoms with E-state index in [0.717, 1.165) is 37.5 Å². The van der Waals surface area contributed by atoms with Crippen molar-refractivity contribution in [2.75, 3.05) is 26.2 Å². The minimum absolute atomic E-state index is 0.140. The molecule has 0 aliphatic heterocycles. The molecule has 0 radical (unpaired) electrons. The van der Waals surface area contributed by atoms with Gasteiger partial charge in [-0.25, -0.2) is 4.98 Å². The lowest BCUT2D eigenvalue weighted by molar-refractivity contribution is 0.249. The van der Waals surface area contributed by atoms with Gasteiger partial charge in [-0.1, -0.05) is 39.2 Å². The van der Waals surface area contributed by atoms with Gasteiger partial charge in [0.2, 0.25) is 0 Å². The predicted molar refractivity (Wildman–Crippen MR) is 121 cm³/mol. The summed E-state index contributed by atoms with van der Waals surface area (Å²) in [6.45, 7) is 17.4. The summed E-state index contributed by atoms with van der Waals surface area (Å²) >= 11 is 0. The third-order valence-electron chi connectivity index (χ3n) is 4.75. The summed E-state index contributed by atoms with van der Waals surface area (Å²) in [5, 5.41) is 1.08. The van der Waals surface area contributed by atoms with Crippen molar-refractivity contribution in [3.63, 3.8) is 0 Å².